The van der Waals surface area contributed by atoms with Crippen molar-refractivity contribution in [3.05, 3.63) is 83.5 Å². The maximum absolute atomic E-state index is 12.6. The Morgan fingerprint density at radius 1 is 1.06 bits per heavy atom. The molecule has 0 aliphatic carbocycles. The number of nitrogens with one attached hydrogen (secondary N) is 1. The fourth-order valence-electron chi connectivity index (χ4n) is 3.07. The number of benzene rings is 2. The van der Waals surface area contributed by atoms with Crippen LogP contribution in [0.5, 0.6) is 0 Å². The third-order valence-corrected chi connectivity index (χ3v) is 4.87. The van der Waals surface area contributed by atoms with E-state index in [0.717, 1.165) is 5.56 Å². The molecule has 0 saturated heterocycles. The van der Waals surface area contributed by atoms with E-state index >= 15 is 0 Å². The summed E-state index contributed by atoms with van der Waals surface area (Å²) in [5.41, 5.74) is 1.59. The minimum atomic E-state index is -4.69. The van der Waals surface area contributed by atoms with Crippen molar-refractivity contribution in [2.45, 2.75) is 32.1 Å². The van der Waals surface area contributed by atoms with Gasteiger partial charge in [0, 0.05) is 11.1 Å². The summed E-state index contributed by atoms with van der Waals surface area (Å²) < 4.78 is 43.8. The lowest BCUT2D eigenvalue weighted by atomic mass is 10.0. The van der Waals surface area contributed by atoms with Crippen LogP contribution in [0.3, 0.4) is 0 Å². The van der Waals surface area contributed by atoms with Gasteiger partial charge in [-0.05, 0) is 31.5 Å². The van der Waals surface area contributed by atoms with Crippen LogP contribution in [0.25, 0.3) is 11.4 Å². The van der Waals surface area contributed by atoms with Gasteiger partial charge in [-0.3, -0.25) is 4.79 Å². The summed E-state index contributed by atoms with van der Waals surface area (Å²) >= 11 is 0. The molecule has 4 aromatic rings. The summed E-state index contributed by atoms with van der Waals surface area (Å²) in [4.78, 5) is 15.9. The second kappa shape index (κ2) is 8.49. The molecule has 0 aliphatic heterocycles. The van der Waals surface area contributed by atoms with Gasteiger partial charge < -0.3 is 9.84 Å². The van der Waals surface area contributed by atoms with Crippen LogP contribution < -0.4 is 5.32 Å². The van der Waals surface area contributed by atoms with Crippen molar-refractivity contribution < 1.29 is 22.5 Å². The Balaban J connectivity index is 1.43. The van der Waals surface area contributed by atoms with Crippen molar-refractivity contribution in [1.82, 2.24) is 30.5 Å². The van der Waals surface area contributed by atoms with Crippen LogP contribution in [-0.2, 0) is 18.3 Å². The number of aromatic nitrogens is 5. The van der Waals surface area contributed by atoms with Crippen molar-refractivity contribution in [1.29, 1.82) is 0 Å². The van der Waals surface area contributed by atoms with E-state index in [1.807, 2.05) is 19.9 Å². The Hall–Kier alpha value is -4.02. The summed E-state index contributed by atoms with van der Waals surface area (Å²) in [5.74, 6) is -1.76. The van der Waals surface area contributed by atoms with Gasteiger partial charge in [0.05, 0.1) is 18.3 Å². The maximum atomic E-state index is 12.6. The zero-order valence-corrected chi connectivity index (χ0v) is 17.7. The van der Waals surface area contributed by atoms with Gasteiger partial charge in [-0.25, -0.2) is 4.68 Å². The minimum absolute atomic E-state index is 0.146. The molecular weight excluding hydrogens is 437 g/mol. The number of amides is 1. The number of rotatable bonds is 6. The van der Waals surface area contributed by atoms with E-state index in [2.05, 4.69) is 30.3 Å². The Morgan fingerprint density at radius 3 is 2.39 bits per heavy atom. The molecule has 0 radical (unpaired) electrons. The van der Waals surface area contributed by atoms with Crippen molar-refractivity contribution in [2.24, 2.45) is 0 Å². The number of hydrogen-bond acceptors (Lipinski definition) is 6. The highest BCUT2D eigenvalue weighted by atomic mass is 19.4. The molecule has 33 heavy (non-hydrogen) atoms. The summed E-state index contributed by atoms with van der Waals surface area (Å²) in [6, 6.07) is 15.5. The third-order valence-electron chi connectivity index (χ3n) is 4.87. The molecule has 8 nitrogen and oxygen atoms in total. The molecule has 0 fully saturated rings. The number of halogens is 3. The van der Waals surface area contributed by atoms with Crippen LogP contribution in [0.1, 0.15) is 41.4 Å². The molecule has 0 saturated carbocycles. The molecule has 0 atom stereocenters. The Kier molecular flexibility index (Phi) is 5.71. The molecule has 1 amide bonds. The molecule has 11 heteroatoms. The number of carbonyl (C=O) groups excluding carboxylic acids is 1. The average molecular weight is 456 g/mol. The summed E-state index contributed by atoms with van der Waals surface area (Å²) in [5, 5.41) is 14.6. The lowest BCUT2D eigenvalue weighted by Gasteiger charge is -2.23. The van der Waals surface area contributed by atoms with Crippen molar-refractivity contribution in [3.8, 4) is 11.4 Å². The first-order valence-electron chi connectivity index (χ1n) is 9.90. The molecule has 170 valence electrons. The van der Waals surface area contributed by atoms with Crippen LogP contribution in [0.2, 0.25) is 0 Å². The predicted octanol–water partition coefficient (Wildman–Crippen LogP) is 4.06. The molecule has 1 N–H and O–H groups in total. The quantitative estimate of drug-likeness (QED) is 0.470. The normalized spacial score (nSPS) is 12.0. The van der Waals surface area contributed by atoms with Crippen LogP contribution in [0.4, 0.5) is 13.2 Å². The molecule has 4 rings (SSSR count). The van der Waals surface area contributed by atoms with Gasteiger partial charge in [-0.2, -0.15) is 18.2 Å². The van der Waals surface area contributed by atoms with Crippen LogP contribution in [-0.4, -0.2) is 31.0 Å². The Labute approximate surface area is 186 Å². The van der Waals surface area contributed by atoms with Gasteiger partial charge >= 0.3 is 12.1 Å². The van der Waals surface area contributed by atoms with E-state index < -0.39 is 17.6 Å². The van der Waals surface area contributed by atoms with Gasteiger partial charge in [0.1, 0.15) is 5.69 Å². The Bertz CT molecular complexity index is 1250. The van der Waals surface area contributed by atoms with Crippen LogP contribution in [0, 0.1) is 0 Å². The molecule has 0 bridgehead atoms. The first-order chi connectivity index (χ1) is 15.6. The standard InChI is InChI=1S/C22H19F3N6O2/c1-21(2,27-19(32)16-6-4-3-5-7-16)17-13-31(30-28-17)12-14-8-10-15(11-9-14)18-26-20(33-29-18)22(23,24)25/h3-11,13H,12H2,1-2H3,(H,27,32). The van der Waals surface area contributed by atoms with E-state index in [1.165, 1.54) is 0 Å². The summed E-state index contributed by atoms with van der Waals surface area (Å²) in [6.45, 7) is 4.03. The van der Waals surface area contributed by atoms with Gasteiger partial charge in [0.25, 0.3) is 5.91 Å². The van der Waals surface area contributed by atoms with Crippen molar-refractivity contribution >= 4 is 5.91 Å². The molecular formula is C22H19F3N6O2. The number of alkyl halides is 3. The predicted molar refractivity (Wildman–Crippen MR) is 111 cm³/mol. The number of nitrogens with zero attached hydrogens (tertiary/aromatic N) is 5. The van der Waals surface area contributed by atoms with E-state index in [4.69, 9.17) is 0 Å². The van der Waals surface area contributed by atoms with Gasteiger partial charge in [0.15, 0.2) is 0 Å². The monoisotopic (exact) mass is 456 g/mol. The largest absolute Gasteiger partial charge is 0.471 e. The lowest BCUT2D eigenvalue weighted by Crippen LogP contribution is -2.41. The molecule has 2 aromatic carbocycles. The van der Waals surface area contributed by atoms with Crippen molar-refractivity contribution in [2.75, 3.05) is 0 Å². The molecule has 2 aromatic heterocycles. The SMILES string of the molecule is CC(C)(NC(=O)c1ccccc1)c1cn(Cc2ccc(-c3noc(C(F)(F)F)n3)cc2)nn1. The fourth-order valence-corrected chi connectivity index (χ4v) is 3.07. The second-order valence-electron chi connectivity index (χ2n) is 7.86. The minimum Gasteiger partial charge on any atom is -0.341 e. The van der Waals surface area contributed by atoms with Gasteiger partial charge in [-0.15, -0.1) is 5.10 Å². The molecule has 0 unspecified atom stereocenters. The highest BCUT2D eigenvalue weighted by molar-refractivity contribution is 5.94. The van der Waals surface area contributed by atoms with E-state index in [1.54, 1.807) is 59.4 Å². The topological polar surface area (TPSA) is 98.7 Å². The average Bonchev–Trinajstić information content (AvgIpc) is 3.45. The molecule has 2 heterocycles. The summed E-state index contributed by atoms with van der Waals surface area (Å²) in [7, 11) is 0. The zero-order valence-electron chi connectivity index (χ0n) is 17.7. The summed E-state index contributed by atoms with van der Waals surface area (Å²) in [6.07, 6.45) is -2.96. The first kappa shape index (κ1) is 22.2. The van der Waals surface area contributed by atoms with Crippen LogP contribution >= 0.6 is 0 Å². The smallest absolute Gasteiger partial charge is 0.341 e. The van der Waals surface area contributed by atoms with Crippen LogP contribution in [0.15, 0.2) is 65.3 Å². The van der Waals surface area contributed by atoms with Crippen molar-refractivity contribution in [3.63, 3.8) is 0 Å². The molecule has 0 aliphatic rings. The van der Waals surface area contributed by atoms with E-state index in [9.17, 15) is 18.0 Å². The second-order valence-corrected chi connectivity index (χ2v) is 7.86. The number of carbonyl (C=O) groups is 1. The van der Waals surface area contributed by atoms with E-state index in [0.29, 0.717) is 23.4 Å². The van der Waals surface area contributed by atoms with Gasteiger partial charge in [0.2, 0.25) is 5.82 Å². The van der Waals surface area contributed by atoms with E-state index in [-0.39, 0.29) is 11.7 Å². The van der Waals surface area contributed by atoms with Gasteiger partial charge in [-0.1, -0.05) is 52.8 Å². The third kappa shape index (κ3) is 5.08. The number of hydrogen-bond donors (Lipinski definition) is 1. The maximum Gasteiger partial charge on any atom is 0.471 e. The Morgan fingerprint density at radius 2 is 1.76 bits per heavy atom. The highest BCUT2D eigenvalue weighted by Gasteiger charge is 2.38. The lowest BCUT2D eigenvalue weighted by molar-refractivity contribution is -0.159. The fraction of sp³-hybridized carbons (Fsp3) is 0.227. The first-order valence-corrected chi connectivity index (χ1v) is 9.90. The molecule has 0 spiro atoms. The zero-order chi connectivity index (χ0) is 23.6. The highest BCUT2D eigenvalue weighted by Crippen LogP contribution is 2.29.